The number of hydrogen-bond acceptors (Lipinski definition) is 5. The summed E-state index contributed by atoms with van der Waals surface area (Å²) in [5.74, 6) is 0. The molecule has 2 heterocycles. The normalized spacial score (nSPS) is 35.3. The van der Waals surface area contributed by atoms with Gasteiger partial charge in [-0.25, -0.2) is 0 Å². The van der Waals surface area contributed by atoms with Gasteiger partial charge in [-0.2, -0.15) is 0 Å². The van der Waals surface area contributed by atoms with Crippen molar-refractivity contribution in [2.45, 2.75) is 57.3 Å². The lowest BCUT2D eigenvalue weighted by Crippen LogP contribution is -2.56. The molecule has 21 heavy (non-hydrogen) atoms. The summed E-state index contributed by atoms with van der Waals surface area (Å²) >= 11 is 0. The third-order valence-corrected chi connectivity index (χ3v) is 3.76. The average Bonchev–Trinajstić information content (AvgIpc) is 2.90. The molecule has 0 amide bonds. The zero-order chi connectivity index (χ0) is 14.8. The van der Waals surface area contributed by atoms with Crippen LogP contribution in [-0.4, -0.2) is 48.5 Å². The maximum atomic E-state index is 10.5. The van der Waals surface area contributed by atoms with Crippen LogP contribution in [0.2, 0.25) is 0 Å². The van der Waals surface area contributed by atoms with Crippen LogP contribution in [0.25, 0.3) is 0 Å². The third kappa shape index (κ3) is 3.27. The summed E-state index contributed by atoms with van der Waals surface area (Å²) < 4.78 is 22.9. The molecule has 1 aromatic rings. The Kier molecular flexibility index (Phi) is 4.57. The molecule has 116 valence electrons. The highest BCUT2D eigenvalue weighted by Crippen LogP contribution is 2.32. The van der Waals surface area contributed by atoms with Crippen LogP contribution in [0.4, 0.5) is 0 Å². The number of benzene rings is 1. The molecule has 0 unspecified atom stereocenters. The van der Waals surface area contributed by atoms with Crippen molar-refractivity contribution in [3.05, 3.63) is 35.9 Å². The second kappa shape index (κ2) is 6.42. The van der Waals surface area contributed by atoms with Crippen molar-refractivity contribution in [3.63, 3.8) is 0 Å². The van der Waals surface area contributed by atoms with Gasteiger partial charge < -0.3 is 24.1 Å². The maximum Gasteiger partial charge on any atom is 0.187 e. The zero-order valence-electron chi connectivity index (χ0n) is 12.3. The van der Waals surface area contributed by atoms with E-state index in [1.807, 2.05) is 44.2 Å². The van der Waals surface area contributed by atoms with E-state index in [9.17, 15) is 5.11 Å². The number of aliphatic hydroxyl groups is 1. The van der Waals surface area contributed by atoms with E-state index in [2.05, 4.69) is 0 Å². The van der Waals surface area contributed by atoms with E-state index in [1.54, 1.807) is 0 Å². The number of rotatable bonds is 5. The molecule has 1 aromatic carbocycles. The van der Waals surface area contributed by atoms with Crippen LogP contribution in [0, 0.1) is 0 Å². The second-order valence-electron chi connectivity index (χ2n) is 5.78. The minimum Gasteiger partial charge on any atom is -0.387 e. The van der Waals surface area contributed by atoms with Crippen LogP contribution in [-0.2, 0) is 25.6 Å². The predicted octanol–water partition coefficient (Wildman–Crippen LogP) is 1.48. The van der Waals surface area contributed by atoms with Gasteiger partial charge in [0.05, 0.1) is 19.3 Å². The van der Waals surface area contributed by atoms with E-state index < -0.39 is 24.6 Å². The van der Waals surface area contributed by atoms with Gasteiger partial charge in [0.1, 0.15) is 24.4 Å². The number of ether oxygens (including phenoxy) is 4. The van der Waals surface area contributed by atoms with Crippen LogP contribution in [0.5, 0.6) is 0 Å². The lowest BCUT2D eigenvalue weighted by Gasteiger charge is -2.38. The fraction of sp³-hybridized carbons (Fsp3) is 0.625. The molecule has 2 aliphatic heterocycles. The first-order valence-corrected chi connectivity index (χ1v) is 7.41. The SMILES string of the molecule is CC(C)O[C@H]1[C@@H]2OC[C@@H](O2)[C@@H](OCc2ccccc2)[C@@H]1O. The molecule has 0 spiro atoms. The molecule has 0 radical (unpaired) electrons. The lowest BCUT2D eigenvalue weighted by molar-refractivity contribution is -0.260. The van der Waals surface area contributed by atoms with Crippen LogP contribution in [0.1, 0.15) is 19.4 Å². The molecule has 0 aromatic heterocycles. The smallest absolute Gasteiger partial charge is 0.187 e. The average molecular weight is 294 g/mol. The zero-order valence-corrected chi connectivity index (χ0v) is 12.3. The molecule has 1 N–H and O–H groups in total. The molecular formula is C16H22O5. The number of aliphatic hydroxyl groups excluding tert-OH is 1. The van der Waals surface area contributed by atoms with Gasteiger partial charge in [0.15, 0.2) is 6.29 Å². The summed E-state index contributed by atoms with van der Waals surface area (Å²) in [6, 6.07) is 9.87. The number of hydrogen-bond donors (Lipinski definition) is 1. The Morgan fingerprint density at radius 2 is 2.00 bits per heavy atom. The molecular weight excluding hydrogens is 272 g/mol. The molecule has 5 atom stereocenters. The van der Waals surface area contributed by atoms with Crippen LogP contribution < -0.4 is 0 Å². The molecule has 3 rings (SSSR count). The van der Waals surface area contributed by atoms with Gasteiger partial charge in [-0.05, 0) is 19.4 Å². The summed E-state index contributed by atoms with van der Waals surface area (Å²) in [5.41, 5.74) is 1.06. The molecule has 0 saturated carbocycles. The first-order valence-electron chi connectivity index (χ1n) is 7.41. The Bertz CT molecular complexity index is 449. The molecule has 2 fully saturated rings. The van der Waals surface area contributed by atoms with Gasteiger partial charge in [-0.3, -0.25) is 0 Å². The monoisotopic (exact) mass is 294 g/mol. The van der Waals surface area contributed by atoms with Gasteiger partial charge in [0.25, 0.3) is 0 Å². The number of fused-ring (bicyclic) bond motifs is 2. The van der Waals surface area contributed by atoms with E-state index in [0.717, 1.165) is 5.56 Å². The minimum atomic E-state index is -0.748. The van der Waals surface area contributed by atoms with Crippen molar-refractivity contribution in [2.24, 2.45) is 0 Å². The van der Waals surface area contributed by atoms with E-state index in [1.165, 1.54) is 0 Å². The third-order valence-electron chi connectivity index (χ3n) is 3.76. The van der Waals surface area contributed by atoms with Crippen LogP contribution >= 0.6 is 0 Å². The fourth-order valence-electron chi connectivity index (χ4n) is 2.78. The second-order valence-corrected chi connectivity index (χ2v) is 5.78. The maximum absolute atomic E-state index is 10.5. The Morgan fingerprint density at radius 1 is 1.24 bits per heavy atom. The molecule has 2 aliphatic rings. The summed E-state index contributed by atoms with van der Waals surface area (Å²) in [5, 5.41) is 10.5. The highest BCUT2D eigenvalue weighted by molar-refractivity contribution is 5.13. The Balaban J connectivity index is 1.66. The highest BCUT2D eigenvalue weighted by atomic mass is 16.8. The van der Waals surface area contributed by atoms with E-state index in [4.69, 9.17) is 18.9 Å². The molecule has 2 bridgehead atoms. The summed E-state index contributed by atoms with van der Waals surface area (Å²) in [7, 11) is 0. The standard InChI is InChI=1S/C16H22O5/c1-10(2)20-15-13(17)14(12-9-19-16(15)21-12)18-8-11-6-4-3-5-7-11/h3-7,10,12-17H,8-9H2,1-2H3/t12-,13+,14-,15-,16-/m1/s1. The van der Waals surface area contributed by atoms with E-state index >= 15 is 0 Å². The quantitative estimate of drug-likeness (QED) is 0.891. The van der Waals surface area contributed by atoms with Crippen LogP contribution in [0.3, 0.4) is 0 Å². The topological polar surface area (TPSA) is 57.2 Å². The van der Waals surface area contributed by atoms with Crippen molar-refractivity contribution in [1.29, 1.82) is 0 Å². The Morgan fingerprint density at radius 3 is 2.71 bits per heavy atom. The van der Waals surface area contributed by atoms with Crippen molar-refractivity contribution in [1.82, 2.24) is 0 Å². The van der Waals surface area contributed by atoms with Gasteiger partial charge in [0, 0.05) is 0 Å². The predicted molar refractivity (Wildman–Crippen MR) is 75.6 cm³/mol. The lowest BCUT2D eigenvalue weighted by atomic mass is 10.0. The summed E-state index contributed by atoms with van der Waals surface area (Å²) in [6.07, 6.45) is -2.44. The Labute approximate surface area is 124 Å². The highest BCUT2D eigenvalue weighted by Gasteiger charge is 2.51. The van der Waals surface area contributed by atoms with E-state index in [-0.39, 0.29) is 12.2 Å². The van der Waals surface area contributed by atoms with Gasteiger partial charge in [-0.1, -0.05) is 30.3 Å². The first kappa shape index (κ1) is 14.9. The van der Waals surface area contributed by atoms with E-state index in [0.29, 0.717) is 13.2 Å². The van der Waals surface area contributed by atoms with Crippen molar-refractivity contribution < 1.29 is 24.1 Å². The first-order chi connectivity index (χ1) is 10.1. The summed E-state index contributed by atoms with van der Waals surface area (Å²) in [4.78, 5) is 0. The van der Waals surface area contributed by atoms with Crippen molar-refractivity contribution >= 4 is 0 Å². The van der Waals surface area contributed by atoms with Gasteiger partial charge in [-0.15, -0.1) is 0 Å². The molecule has 0 aliphatic carbocycles. The minimum absolute atomic E-state index is 0.0104. The molecule has 5 nitrogen and oxygen atoms in total. The van der Waals surface area contributed by atoms with Gasteiger partial charge in [0.2, 0.25) is 0 Å². The Hall–Kier alpha value is -0.980. The van der Waals surface area contributed by atoms with Crippen molar-refractivity contribution in [2.75, 3.05) is 6.61 Å². The van der Waals surface area contributed by atoms with Crippen LogP contribution in [0.15, 0.2) is 30.3 Å². The van der Waals surface area contributed by atoms with Crippen molar-refractivity contribution in [3.8, 4) is 0 Å². The largest absolute Gasteiger partial charge is 0.387 e. The summed E-state index contributed by atoms with van der Waals surface area (Å²) in [6.45, 7) is 4.71. The fourth-order valence-corrected chi connectivity index (χ4v) is 2.78. The molecule has 2 saturated heterocycles. The molecule has 5 heteroatoms. The van der Waals surface area contributed by atoms with Gasteiger partial charge >= 0.3 is 0 Å².